The maximum absolute atomic E-state index is 14.6. The number of benzene rings is 4. The van der Waals surface area contributed by atoms with Crippen LogP contribution in [-0.2, 0) is 11.3 Å². The summed E-state index contributed by atoms with van der Waals surface area (Å²) in [4.78, 5) is 27.8. The molecule has 1 unspecified atom stereocenters. The summed E-state index contributed by atoms with van der Waals surface area (Å²) >= 11 is 0. The van der Waals surface area contributed by atoms with Crippen LogP contribution in [0.1, 0.15) is 22.9 Å². The molecule has 1 amide bonds. The van der Waals surface area contributed by atoms with Crippen LogP contribution < -0.4 is 9.80 Å². The number of hydrogen-bond acceptors (Lipinski definition) is 3. The first-order valence-corrected chi connectivity index (χ1v) is 11.6. The van der Waals surface area contributed by atoms with Gasteiger partial charge in [0.15, 0.2) is 0 Å². The van der Waals surface area contributed by atoms with Crippen LogP contribution in [0.2, 0.25) is 0 Å². The van der Waals surface area contributed by atoms with E-state index in [-0.39, 0.29) is 11.3 Å². The summed E-state index contributed by atoms with van der Waals surface area (Å²) in [6.45, 7) is -1.19. The number of nitrogens with zero attached hydrogens (tertiary/aromatic N) is 2. The van der Waals surface area contributed by atoms with Crippen LogP contribution in [0.3, 0.4) is 0 Å². The fourth-order valence-electron chi connectivity index (χ4n) is 3.83. The van der Waals surface area contributed by atoms with Gasteiger partial charge in [-0.05, 0) is 70.8 Å². The Morgan fingerprint density at radius 1 is 0.865 bits per heavy atom. The summed E-state index contributed by atoms with van der Waals surface area (Å²) in [6.07, 6.45) is 2.14. The van der Waals surface area contributed by atoms with Gasteiger partial charge in [0, 0.05) is 37.1 Å². The zero-order valence-electron chi connectivity index (χ0n) is 21.5. The Kier molecular flexibility index (Phi) is 7.36. The number of carboxylic acid groups (broad SMARTS) is 1. The number of amides is 1. The molecule has 0 saturated carbocycles. The van der Waals surface area contributed by atoms with Crippen molar-refractivity contribution >= 4 is 29.3 Å². The maximum Gasteiger partial charge on any atom is 0.328 e. The van der Waals surface area contributed by atoms with Crippen molar-refractivity contribution in [2.24, 2.45) is 0 Å². The van der Waals surface area contributed by atoms with Gasteiger partial charge in [-0.2, -0.15) is 0 Å². The molecule has 0 aliphatic carbocycles. The molecule has 0 bridgehead atoms. The zero-order valence-corrected chi connectivity index (χ0v) is 20.5. The molecule has 0 fully saturated rings. The normalized spacial score (nSPS) is 12.1. The van der Waals surface area contributed by atoms with Gasteiger partial charge in [0.25, 0.3) is 5.91 Å². The third-order valence-corrected chi connectivity index (χ3v) is 5.75. The molecule has 4 aromatic rings. The minimum Gasteiger partial charge on any atom is -0.478 e. The lowest BCUT2D eigenvalue weighted by Gasteiger charge is -2.24. The van der Waals surface area contributed by atoms with Crippen molar-refractivity contribution in [2.75, 3.05) is 23.9 Å². The fraction of sp³-hybridized carbons (Fsp3) is 0.0968. The van der Waals surface area contributed by atoms with E-state index in [1.165, 1.54) is 29.2 Å². The topological polar surface area (TPSA) is 60.9 Å². The molecule has 6 heteroatoms. The molecule has 0 aromatic heterocycles. The Morgan fingerprint density at radius 3 is 2.08 bits per heavy atom. The van der Waals surface area contributed by atoms with Crippen LogP contribution >= 0.6 is 0 Å². The van der Waals surface area contributed by atoms with Crippen LogP contribution in [-0.4, -0.2) is 31.1 Å². The Morgan fingerprint density at radius 2 is 1.49 bits per heavy atom. The molecule has 0 aliphatic rings. The smallest absolute Gasteiger partial charge is 0.328 e. The van der Waals surface area contributed by atoms with Gasteiger partial charge in [-0.1, -0.05) is 54.6 Å². The van der Waals surface area contributed by atoms with Crippen molar-refractivity contribution in [1.82, 2.24) is 0 Å². The van der Waals surface area contributed by atoms with Crippen LogP contribution in [0.4, 0.5) is 15.8 Å². The van der Waals surface area contributed by atoms with E-state index in [1.807, 2.05) is 55.4 Å². The van der Waals surface area contributed by atoms with Crippen molar-refractivity contribution in [3.8, 4) is 11.1 Å². The number of carbonyl (C=O) groups excluding carboxylic acids is 1. The van der Waals surface area contributed by atoms with E-state index < -0.39 is 24.2 Å². The summed E-state index contributed by atoms with van der Waals surface area (Å²) in [5, 5.41) is 8.96. The number of halogens is 1. The summed E-state index contributed by atoms with van der Waals surface area (Å²) in [5.41, 5.74) is 4.34. The lowest BCUT2D eigenvalue weighted by molar-refractivity contribution is -0.131. The second-order valence-corrected chi connectivity index (χ2v) is 8.65. The summed E-state index contributed by atoms with van der Waals surface area (Å²) < 4.78 is 23.6. The quantitative estimate of drug-likeness (QED) is 0.283. The standard InChI is InChI=1S/C31H27FN2O3/c1-33(2)28-15-13-25(14-16-28)24-11-8-22(9-12-24)21-34(31(37)26-6-4-3-5-7-26)29-19-23(10-17-30(35)36)18-27(32)20-29/h3-20H,21H2,1-2H3,(H,35,36)/b17-10+/i21D. The van der Waals surface area contributed by atoms with E-state index in [9.17, 15) is 14.0 Å². The third-order valence-electron chi connectivity index (χ3n) is 5.75. The molecule has 4 aromatic carbocycles. The predicted octanol–water partition coefficient (Wildman–Crippen LogP) is 6.50. The van der Waals surface area contributed by atoms with Crippen molar-refractivity contribution in [3.05, 3.63) is 126 Å². The van der Waals surface area contributed by atoms with Crippen LogP contribution in [0.15, 0.2) is 103 Å². The molecule has 0 saturated heterocycles. The summed E-state index contributed by atoms with van der Waals surface area (Å²) in [5.74, 6) is -2.31. The number of hydrogen-bond donors (Lipinski definition) is 1. The largest absolute Gasteiger partial charge is 0.478 e. The lowest BCUT2D eigenvalue weighted by Crippen LogP contribution is -2.30. The average Bonchev–Trinajstić information content (AvgIpc) is 2.92. The monoisotopic (exact) mass is 495 g/mol. The van der Waals surface area contributed by atoms with Crippen molar-refractivity contribution in [1.29, 1.82) is 0 Å². The molecular formula is C31H27FN2O3. The van der Waals surface area contributed by atoms with E-state index in [0.717, 1.165) is 22.9 Å². The zero-order chi connectivity index (χ0) is 27.2. The second kappa shape index (κ2) is 11.4. The van der Waals surface area contributed by atoms with Gasteiger partial charge in [0.2, 0.25) is 0 Å². The molecule has 0 radical (unpaired) electrons. The lowest BCUT2D eigenvalue weighted by atomic mass is 10.0. The summed E-state index contributed by atoms with van der Waals surface area (Å²) in [7, 11) is 3.95. The molecule has 0 spiro atoms. The molecule has 5 nitrogen and oxygen atoms in total. The molecule has 1 N–H and O–H groups in total. The van der Waals surface area contributed by atoms with Crippen LogP contribution in [0, 0.1) is 5.82 Å². The minimum absolute atomic E-state index is 0.146. The fourth-order valence-corrected chi connectivity index (χ4v) is 3.83. The summed E-state index contributed by atoms with van der Waals surface area (Å²) in [6, 6.07) is 27.7. The number of anilines is 2. The second-order valence-electron chi connectivity index (χ2n) is 8.65. The van der Waals surface area contributed by atoms with Gasteiger partial charge in [0.05, 0.1) is 7.89 Å². The molecular weight excluding hydrogens is 467 g/mol. The van der Waals surface area contributed by atoms with Crippen LogP contribution in [0.25, 0.3) is 17.2 Å². The minimum atomic E-state index is -1.19. The van der Waals surface area contributed by atoms with Crippen molar-refractivity contribution in [2.45, 2.75) is 6.52 Å². The Balaban J connectivity index is 1.71. The predicted molar refractivity (Wildman–Crippen MR) is 146 cm³/mol. The first kappa shape index (κ1) is 24.0. The number of aliphatic carboxylic acids is 1. The number of rotatable bonds is 8. The van der Waals surface area contributed by atoms with Crippen molar-refractivity contribution < 1.29 is 20.5 Å². The maximum atomic E-state index is 14.6. The van der Waals surface area contributed by atoms with Gasteiger partial charge < -0.3 is 14.9 Å². The highest BCUT2D eigenvalue weighted by atomic mass is 19.1. The average molecular weight is 496 g/mol. The molecule has 37 heavy (non-hydrogen) atoms. The van der Waals surface area contributed by atoms with Gasteiger partial charge in [-0.25, -0.2) is 9.18 Å². The highest BCUT2D eigenvalue weighted by molar-refractivity contribution is 6.06. The number of carboxylic acids is 1. The van der Waals surface area contributed by atoms with E-state index in [2.05, 4.69) is 0 Å². The Hall–Kier alpha value is -4.71. The molecule has 186 valence electrons. The molecule has 1 atom stereocenters. The van der Waals surface area contributed by atoms with E-state index in [4.69, 9.17) is 6.48 Å². The Labute approximate surface area is 217 Å². The first-order chi connectivity index (χ1) is 18.2. The molecule has 0 aliphatic heterocycles. The highest BCUT2D eigenvalue weighted by Gasteiger charge is 2.19. The van der Waals surface area contributed by atoms with Gasteiger partial charge in [-0.15, -0.1) is 0 Å². The first-order valence-electron chi connectivity index (χ1n) is 12.2. The third kappa shape index (κ3) is 6.49. The van der Waals surface area contributed by atoms with Gasteiger partial charge in [0.1, 0.15) is 5.82 Å². The van der Waals surface area contributed by atoms with Crippen molar-refractivity contribution in [3.63, 3.8) is 0 Å². The Bertz CT molecular complexity index is 1450. The van der Waals surface area contributed by atoms with Gasteiger partial charge in [-0.3, -0.25) is 4.79 Å². The van der Waals surface area contributed by atoms with Crippen LogP contribution in [0.5, 0.6) is 0 Å². The molecule has 4 rings (SSSR count). The SMILES string of the molecule is [2H]C(c1ccc(-c2ccc(N(C)C)cc2)cc1)N(C(=O)c1ccccc1)c1cc(F)cc(/C=C/C(=O)O)c1. The van der Waals surface area contributed by atoms with E-state index in [0.29, 0.717) is 11.1 Å². The highest BCUT2D eigenvalue weighted by Crippen LogP contribution is 2.26. The van der Waals surface area contributed by atoms with E-state index in [1.54, 1.807) is 42.5 Å². The number of carbonyl (C=O) groups is 2. The van der Waals surface area contributed by atoms with Gasteiger partial charge >= 0.3 is 5.97 Å². The van der Waals surface area contributed by atoms with E-state index >= 15 is 0 Å². The molecule has 0 heterocycles.